The lowest BCUT2D eigenvalue weighted by atomic mass is 9.92. The zero-order chi connectivity index (χ0) is 11.3. The zero-order valence-electron chi connectivity index (χ0n) is 8.41. The van der Waals surface area contributed by atoms with E-state index in [1.54, 1.807) is 0 Å². The molecule has 1 aromatic rings. The van der Waals surface area contributed by atoms with Gasteiger partial charge in [0.1, 0.15) is 5.54 Å². The Morgan fingerprint density at radius 3 is 2.81 bits per heavy atom. The summed E-state index contributed by atoms with van der Waals surface area (Å²) in [4.78, 5) is 24.0. The molecule has 0 radical (unpaired) electrons. The van der Waals surface area contributed by atoms with E-state index < -0.39 is 11.6 Å². The van der Waals surface area contributed by atoms with E-state index >= 15 is 0 Å². The van der Waals surface area contributed by atoms with Gasteiger partial charge in [-0.2, -0.15) is 0 Å². The number of benzene rings is 1. The Balaban J connectivity index is 2.15. The van der Waals surface area contributed by atoms with E-state index in [1.807, 2.05) is 18.2 Å². The van der Waals surface area contributed by atoms with Crippen molar-refractivity contribution >= 4 is 24.6 Å². The number of carbonyl (C=O) groups excluding carboxylic acids is 2. The van der Waals surface area contributed by atoms with Crippen molar-refractivity contribution in [2.24, 2.45) is 0 Å². The van der Waals surface area contributed by atoms with Gasteiger partial charge in [0.2, 0.25) is 0 Å². The van der Waals surface area contributed by atoms with Gasteiger partial charge in [-0.05, 0) is 36.1 Å². The highest BCUT2D eigenvalue weighted by molar-refractivity contribution is 7.80. The van der Waals surface area contributed by atoms with Gasteiger partial charge < -0.3 is 5.32 Å². The van der Waals surface area contributed by atoms with Crippen LogP contribution in [0.4, 0.5) is 4.79 Å². The fraction of sp³-hybridized carbons (Fsp3) is 0.273. The number of amides is 3. The topological polar surface area (TPSA) is 58.2 Å². The van der Waals surface area contributed by atoms with Crippen molar-refractivity contribution in [2.45, 2.75) is 23.3 Å². The molecule has 3 rings (SSSR count). The van der Waals surface area contributed by atoms with E-state index in [0.717, 1.165) is 22.4 Å². The molecule has 16 heavy (non-hydrogen) atoms. The van der Waals surface area contributed by atoms with Crippen molar-refractivity contribution in [1.29, 1.82) is 0 Å². The Bertz CT molecular complexity index is 515. The van der Waals surface area contributed by atoms with Crippen LogP contribution in [0.1, 0.15) is 17.5 Å². The van der Waals surface area contributed by atoms with Gasteiger partial charge in [0.25, 0.3) is 5.91 Å². The van der Waals surface area contributed by atoms with Crippen molar-refractivity contribution in [3.8, 4) is 0 Å². The number of imide groups is 1. The molecule has 1 fully saturated rings. The number of hydrogen-bond donors (Lipinski definition) is 3. The number of nitrogens with one attached hydrogen (secondary N) is 2. The van der Waals surface area contributed by atoms with E-state index in [4.69, 9.17) is 0 Å². The molecule has 3 amide bonds. The molecule has 1 heterocycles. The zero-order valence-corrected chi connectivity index (χ0v) is 9.30. The van der Waals surface area contributed by atoms with Crippen LogP contribution >= 0.6 is 12.6 Å². The molecule has 1 atom stereocenters. The lowest BCUT2D eigenvalue weighted by Gasteiger charge is -2.20. The van der Waals surface area contributed by atoms with Crippen LogP contribution in [0.3, 0.4) is 0 Å². The quantitative estimate of drug-likeness (QED) is 0.462. The van der Waals surface area contributed by atoms with Gasteiger partial charge >= 0.3 is 6.03 Å². The van der Waals surface area contributed by atoms with Gasteiger partial charge in [0.15, 0.2) is 0 Å². The van der Waals surface area contributed by atoms with Crippen LogP contribution < -0.4 is 10.6 Å². The van der Waals surface area contributed by atoms with E-state index in [2.05, 4.69) is 23.3 Å². The Labute approximate surface area is 97.8 Å². The minimum Gasteiger partial charge on any atom is -0.319 e. The van der Waals surface area contributed by atoms with Gasteiger partial charge in [-0.3, -0.25) is 10.1 Å². The fourth-order valence-corrected chi connectivity index (χ4v) is 2.75. The molecule has 0 bridgehead atoms. The van der Waals surface area contributed by atoms with Crippen LogP contribution in [-0.4, -0.2) is 11.9 Å². The van der Waals surface area contributed by atoms with Crippen LogP contribution in [0, 0.1) is 0 Å². The number of fused-ring (bicyclic) bond motifs is 2. The summed E-state index contributed by atoms with van der Waals surface area (Å²) in [5, 5.41) is 5.03. The first-order valence-electron chi connectivity index (χ1n) is 5.08. The third-order valence-electron chi connectivity index (χ3n) is 3.26. The van der Waals surface area contributed by atoms with Crippen LogP contribution in [0.5, 0.6) is 0 Å². The molecular weight excluding hydrogens is 224 g/mol. The molecular formula is C11H10N2O2S. The lowest BCUT2D eigenvalue weighted by molar-refractivity contribution is -0.124. The average Bonchev–Trinajstić information content (AvgIpc) is 2.70. The highest BCUT2D eigenvalue weighted by Crippen LogP contribution is 2.39. The largest absolute Gasteiger partial charge is 0.322 e. The highest BCUT2D eigenvalue weighted by atomic mass is 32.1. The van der Waals surface area contributed by atoms with Crippen LogP contribution in [0.15, 0.2) is 23.1 Å². The van der Waals surface area contributed by atoms with Gasteiger partial charge in [0.05, 0.1) is 0 Å². The van der Waals surface area contributed by atoms with Crippen molar-refractivity contribution in [3.05, 3.63) is 29.3 Å². The number of carbonyl (C=O) groups is 2. The summed E-state index contributed by atoms with van der Waals surface area (Å²) in [6.45, 7) is 0. The summed E-state index contributed by atoms with van der Waals surface area (Å²) < 4.78 is 0. The first-order valence-corrected chi connectivity index (χ1v) is 5.52. The predicted octanol–water partition coefficient (Wildman–Crippen LogP) is 0.956. The SMILES string of the molecule is O=C1NC(=O)C2(CCc3cc(S)ccc32)N1. The molecule has 1 aliphatic heterocycles. The van der Waals surface area contributed by atoms with Gasteiger partial charge in [0, 0.05) is 4.90 Å². The number of urea groups is 1. The minimum absolute atomic E-state index is 0.247. The summed E-state index contributed by atoms with van der Waals surface area (Å²) in [6.07, 6.45) is 1.41. The normalized spacial score (nSPS) is 26.8. The molecule has 2 aliphatic rings. The predicted molar refractivity (Wildman–Crippen MR) is 60.4 cm³/mol. The summed E-state index contributed by atoms with van der Waals surface area (Å²) in [5.74, 6) is -0.247. The summed E-state index contributed by atoms with van der Waals surface area (Å²) in [5.41, 5.74) is 1.15. The molecule has 1 aromatic carbocycles. The van der Waals surface area contributed by atoms with Crippen LogP contribution in [0.25, 0.3) is 0 Å². The van der Waals surface area contributed by atoms with Gasteiger partial charge in [-0.15, -0.1) is 12.6 Å². The molecule has 0 aromatic heterocycles. The second kappa shape index (κ2) is 3.01. The molecule has 0 saturated carbocycles. The van der Waals surface area contributed by atoms with Crippen molar-refractivity contribution < 1.29 is 9.59 Å². The van der Waals surface area contributed by atoms with Gasteiger partial charge in [-0.1, -0.05) is 6.07 Å². The Hall–Kier alpha value is -1.49. The number of aryl methyl sites for hydroxylation is 1. The maximum Gasteiger partial charge on any atom is 0.322 e. The Kier molecular flexibility index (Phi) is 1.83. The smallest absolute Gasteiger partial charge is 0.319 e. The van der Waals surface area contributed by atoms with E-state index in [-0.39, 0.29) is 5.91 Å². The minimum atomic E-state index is -0.839. The van der Waals surface area contributed by atoms with Gasteiger partial charge in [-0.25, -0.2) is 4.79 Å². The Morgan fingerprint density at radius 1 is 1.31 bits per heavy atom. The van der Waals surface area contributed by atoms with E-state index in [1.165, 1.54) is 0 Å². The average molecular weight is 234 g/mol. The number of hydrogen-bond acceptors (Lipinski definition) is 3. The van der Waals surface area contributed by atoms with Crippen molar-refractivity contribution in [2.75, 3.05) is 0 Å². The van der Waals surface area contributed by atoms with Crippen LogP contribution in [-0.2, 0) is 16.8 Å². The number of thiol groups is 1. The van der Waals surface area contributed by atoms with E-state index in [0.29, 0.717) is 6.42 Å². The molecule has 4 nitrogen and oxygen atoms in total. The summed E-state index contributed by atoms with van der Waals surface area (Å²) >= 11 is 4.27. The molecule has 1 saturated heterocycles. The standard InChI is InChI=1S/C11H10N2O2S/c14-9-11(13-10(15)12-9)4-3-6-5-7(16)1-2-8(6)11/h1-2,5,16H,3-4H2,(H2,12,13,14,15). The maximum absolute atomic E-state index is 11.8. The van der Waals surface area contributed by atoms with Crippen molar-refractivity contribution in [1.82, 2.24) is 10.6 Å². The first kappa shape index (κ1) is 9.72. The second-order valence-corrected chi connectivity index (χ2v) is 4.67. The van der Waals surface area contributed by atoms with Crippen LogP contribution in [0.2, 0.25) is 0 Å². The molecule has 1 aliphatic carbocycles. The molecule has 2 N–H and O–H groups in total. The second-order valence-electron chi connectivity index (χ2n) is 4.16. The lowest BCUT2D eigenvalue weighted by Crippen LogP contribution is -2.41. The maximum atomic E-state index is 11.8. The monoisotopic (exact) mass is 234 g/mol. The number of rotatable bonds is 0. The summed E-state index contributed by atoms with van der Waals surface area (Å²) in [7, 11) is 0. The third-order valence-corrected chi connectivity index (χ3v) is 3.54. The Morgan fingerprint density at radius 2 is 2.12 bits per heavy atom. The fourth-order valence-electron chi connectivity index (χ4n) is 2.52. The van der Waals surface area contributed by atoms with Crippen molar-refractivity contribution in [3.63, 3.8) is 0 Å². The van der Waals surface area contributed by atoms with E-state index in [9.17, 15) is 9.59 Å². The summed E-state index contributed by atoms with van der Waals surface area (Å²) in [6, 6.07) is 5.25. The first-order chi connectivity index (χ1) is 7.62. The molecule has 82 valence electrons. The third kappa shape index (κ3) is 1.12. The molecule has 1 unspecified atom stereocenters. The molecule has 5 heteroatoms. The highest BCUT2D eigenvalue weighted by Gasteiger charge is 2.51. The molecule has 1 spiro atoms.